The van der Waals surface area contributed by atoms with Crippen LogP contribution in [-0.4, -0.2) is 31.7 Å². The Hall–Kier alpha value is -2.47. The van der Waals surface area contributed by atoms with E-state index in [1.54, 1.807) is 29.8 Å². The van der Waals surface area contributed by atoms with Crippen molar-refractivity contribution in [2.24, 2.45) is 0 Å². The van der Waals surface area contributed by atoms with Gasteiger partial charge in [0.2, 0.25) is 5.91 Å². The zero-order chi connectivity index (χ0) is 17.8. The molecule has 1 aliphatic heterocycles. The Morgan fingerprint density at radius 3 is 2.56 bits per heavy atom. The lowest BCUT2D eigenvalue weighted by Crippen LogP contribution is -2.23. The van der Waals surface area contributed by atoms with Crippen molar-refractivity contribution in [2.75, 3.05) is 30.1 Å². The molecule has 0 spiro atoms. The summed E-state index contributed by atoms with van der Waals surface area (Å²) in [5.41, 5.74) is 2.03. The van der Waals surface area contributed by atoms with Crippen LogP contribution in [0.5, 0.6) is 5.75 Å². The predicted octanol–water partition coefficient (Wildman–Crippen LogP) is 3.80. The number of benzene rings is 2. The number of nitrogens with one attached hydrogen (secondary N) is 1. The lowest BCUT2D eigenvalue weighted by atomic mass is 10.1. The van der Waals surface area contributed by atoms with Gasteiger partial charge in [-0.1, -0.05) is 0 Å². The highest BCUT2D eigenvalue weighted by Gasteiger charge is 2.21. The molecule has 0 radical (unpaired) electrons. The monoisotopic (exact) mass is 356 g/mol. The van der Waals surface area contributed by atoms with Crippen molar-refractivity contribution in [3.8, 4) is 5.75 Å². The Morgan fingerprint density at radius 1 is 1.20 bits per heavy atom. The van der Waals surface area contributed by atoms with Crippen LogP contribution in [-0.2, 0) is 4.79 Å². The number of amides is 2. The minimum absolute atomic E-state index is 0.149. The molecule has 2 aromatic carbocycles. The summed E-state index contributed by atoms with van der Waals surface area (Å²) in [4.78, 5) is 27.1. The number of nitrogens with zero attached hydrogens (tertiary/aromatic N) is 1. The van der Waals surface area contributed by atoms with Gasteiger partial charge in [-0.05, 0) is 55.1 Å². The summed E-state index contributed by atoms with van der Waals surface area (Å²) in [7, 11) is 1.55. The Morgan fingerprint density at radius 2 is 1.96 bits per heavy atom. The highest BCUT2D eigenvalue weighted by Crippen LogP contribution is 2.27. The summed E-state index contributed by atoms with van der Waals surface area (Å²) in [6.07, 6.45) is 3.47. The zero-order valence-corrected chi connectivity index (χ0v) is 15.1. The van der Waals surface area contributed by atoms with E-state index >= 15 is 0 Å². The number of ether oxygens (including phenoxy) is 1. The third-order valence-corrected chi connectivity index (χ3v) is 4.89. The van der Waals surface area contributed by atoms with E-state index in [2.05, 4.69) is 5.32 Å². The molecule has 0 aromatic heterocycles. The Balaban J connectivity index is 1.74. The smallest absolute Gasteiger partial charge is 0.259 e. The summed E-state index contributed by atoms with van der Waals surface area (Å²) in [6, 6.07) is 12.8. The van der Waals surface area contributed by atoms with Crippen LogP contribution in [0.15, 0.2) is 47.4 Å². The second-order valence-electron chi connectivity index (χ2n) is 5.72. The Bertz CT molecular complexity index is 790. The molecule has 1 fully saturated rings. The molecule has 2 aromatic rings. The van der Waals surface area contributed by atoms with Crippen LogP contribution in [0.2, 0.25) is 0 Å². The number of hydrogen-bond donors (Lipinski definition) is 1. The molecule has 2 amide bonds. The minimum atomic E-state index is -0.227. The molecule has 6 heteroatoms. The van der Waals surface area contributed by atoms with Gasteiger partial charge in [-0.15, -0.1) is 11.8 Å². The third-order valence-electron chi connectivity index (χ3n) is 4.16. The van der Waals surface area contributed by atoms with Crippen molar-refractivity contribution < 1.29 is 14.3 Å². The summed E-state index contributed by atoms with van der Waals surface area (Å²) >= 11 is 1.59. The lowest BCUT2D eigenvalue weighted by molar-refractivity contribution is -0.117. The second-order valence-corrected chi connectivity index (χ2v) is 6.60. The molecule has 1 heterocycles. The highest BCUT2D eigenvalue weighted by molar-refractivity contribution is 7.98. The van der Waals surface area contributed by atoms with E-state index in [4.69, 9.17) is 4.74 Å². The second kappa shape index (κ2) is 7.61. The average Bonchev–Trinajstić information content (AvgIpc) is 3.07. The quantitative estimate of drug-likeness (QED) is 0.828. The van der Waals surface area contributed by atoms with Gasteiger partial charge in [-0.2, -0.15) is 0 Å². The van der Waals surface area contributed by atoms with Gasteiger partial charge in [0.05, 0.1) is 12.7 Å². The van der Waals surface area contributed by atoms with E-state index in [9.17, 15) is 9.59 Å². The molecule has 25 heavy (non-hydrogen) atoms. The fourth-order valence-corrected chi connectivity index (χ4v) is 3.26. The fraction of sp³-hybridized carbons (Fsp3) is 0.263. The van der Waals surface area contributed by atoms with Gasteiger partial charge >= 0.3 is 0 Å². The van der Waals surface area contributed by atoms with Gasteiger partial charge in [0.15, 0.2) is 0 Å². The van der Waals surface area contributed by atoms with E-state index in [-0.39, 0.29) is 11.8 Å². The highest BCUT2D eigenvalue weighted by atomic mass is 32.2. The van der Waals surface area contributed by atoms with E-state index in [0.29, 0.717) is 23.4 Å². The maximum Gasteiger partial charge on any atom is 0.259 e. The van der Waals surface area contributed by atoms with Gasteiger partial charge in [0.1, 0.15) is 5.75 Å². The van der Waals surface area contributed by atoms with Crippen LogP contribution in [0.25, 0.3) is 0 Å². The number of methoxy groups -OCH3 is 1. The molecule has 0 saturated carbocycles. The van der Waals surface area contributed by atoms with Crippen LogP contribution >= 0.6 is 11.8 Å². The van der Waals surface area contributed by atoms with E-state index in [1.807, 2.05) is 42.7 Å². The minimum Gasteiger partial charge on any atom is -0.496 e. The SMILES string of the molecule is COc1cc(SC)ccc1C(=O)Nc1ccc(N2CCCC2=O)cc1. The molecule has 130 valence electrons. The fourth-order valence-electron chi connectivity index (χ4n) is 2.83. The van der Waals surface area contributed by atoms with E-state index < -0.39 is 0 Å². The molecule has 0 unspecified atom stereocenters. The first-order valence-corrected chi connectivity index (χ1v) is 9.28. The van der Waals surface area contributed by atoms with Crippen LogP contribution in [0, 0.1) is 0 Å². The molecule has 1 N–H and O–H groups in total. The Kier molecular flexibility index (Phi) is 5.28. The van der Waals surface area contributed by atoms with Crippen LogP contribution in [0.1, 0.15) is 23.2 Å². The molecular formula is C19H20N2O3S. The van der Waals surface area contributed by atoms with E-state index in [0.717, 1.165) is 23.5 Å². The number of anilines is 2. The van der Waals surface area contributed by atoms with Gasteiger partial charge in [-0.3, -0.25) is 9.59 Å². The molecule has 3 rings (SSSR count). The van der Waals surface area contributed by atoms with Crippen molar-refractivity contribution >= 4 is 35.0 Å². The van der Waals surface area contributed by atoms with Crippen molar-refractivity contribution in [3.05, 3.63) is 48.0 Å². The molecular weight excluding hydrogens is 336 g/mol. The standard InChI is InChI=1S/C19H20N2O3S/c1-24-17-12-15(25-2)9-10-16(17)19(23)20-13-5-7-14(8-6-13)21-11-3-4-18(21)22/h5-10,12H,3-4,11H2,1-2H3,(H,20,23). The predicted molar refractivity (Wildman–Crippen MR) is 101 cm³/mol. The molecule has 5 nitrogen and oxygen atoms in total. The van der Waals surface area contributed by atoms with Crippen molar-refractivity contribution in [1.82, 2.24) is 0 Å². The Labute approximate surface area is 151 Å². The van der Waals surface area contributed by atoms with Crippen molar-refractivity contribution in [1.29, 1.82) is 0 Å². The van der Waals surface area contributed by atoms with Gasteiger partial charge in [0.25, 0.3) is 5.91 Å². The molecule has 0 bridgehead atoms. The van der Waals surface area contributed by atoms with Crippen molar-refractivity contribution in [3.63, 3.8) is 0 Å². The van der Waals surface area contributed by atoms with Crippen LogP contribution < -0.4 is 15.0 Å². The average molecular weight is 356 g/mol. The summed E-state index contributed by atoms with van der Waals surface area (Å²) in [5.74, 6) is 0.466. The molecule has 1 saturated heterocycles. The van der Waals surface area contributed by atoms with Gasteiger partial charge in [0, 0.05) is 29.2 Å². The molecule has 0 aliphatic carbocycles. The molecule has 1 aliphatic rings. The lowest BCUT2D eigenvalue weighted by Gasteiger charge is -2.16. The zero-order valence-electron chi connectivity index (χ0n) is 14.2. The first-order valence-electron chi connectivity index (χ1n) is 8.06. The number of carbonyl (C=O) groups excluding carboxylic acids is 2. The molecule has 0 atom stereocenters. The maximum absolute atomic E-state index is 12.5. The summed E-state index contributed by atoms with van der Waals surface area (Å²) in [5, 5.41) is 2.87. The van der Waals surface area contributed by atoms with Gasteiger partial charge in [-0.25, -0.2) is 0 Å². The van der Waals surface area contributed by atoms with Crippen molar-refractivity contribution in [2.45, 2.75) is 17.7 Å². The van der Waals surface area contributed by atoms with E-state index in [1.165, 1.54) is 0 Å². The number of rotatable bonds is 5. The maximum atomic E-state index is 12.5. The summed E-state index contributed by atoms with van der Waals surface area (Å²) < 4.78 is 5.33. The third kappa shape index (κ3) is 3.79. The number of thioether (sulfide) groups is 1. The normalized spacial score (nSPS) is 13.8. The first-order chi connectivity index (χ1) is 12.1. The number of carbonyl (C=O) groups is 2. The largest absolute Gasteiger partial charge is 0.496 e. The van der Waals surface area contributed by atoms with Crippen LogP contribution in [0.4, 0.5) is 11.4 Å². The first kappa shape index (κ1) is 17.4. The number of hydrogen-bond acceptors (Lipinski definition) is 4. The summed E-state index contributed by atoms with van der Waals surface area (Å²) in [6.45, 7) is 0.753. The topological polar surface area (TPSA) is 58.6 Å². The van der Waals surface area contributed by atoms with Crippen LogP contribution in [0.3, 0.4) is 0 Å². The van der Waals surface area contributed by atoms with Gasteiger partial charge < -0.3 is 15.0 Å².